The summed E-state index contributed by atoms with van der Waals surface area (Å²) in [5.74, 6) is 0. The van der Waals surface area contributed by atoms with E-state index in [1.54, 1.807) is 0 Å². The summed E-state index contributed by atoms with van der Waals surface area (Å²) in [6.45, 7) is 26.6. The minimum Gasteiger partial charge on any atom is -0.391 e. The first kappa shape index (κ1) is 30.8. The van der Waals surface area contributed by atoms with E-state index in [0.29, 0.717) is 19.1 Å². The van der Waals surface area contributed by atoms with E-state index in [4.69, 9.17) is 0 Å². The number of hydrogen-bond acceptors (Lipinski definition) is 4. The van der Waals surface area contributed by atoms with Gasteiger partial charge in [-0.15, -0.1) is 0 Å². The third-order valence-electron chi connectivity index (χ3n) is 7.29. The first-order chi connectivity index (χ1) is 13.7. The lowest BCUT2D eigenvalue weighted by Crippen LogP contribution is -2.48. The van der Waals surface area contributed by atoms with E-state index in [1.807, 2.05) is 0 Å². The van der Waals surface area contributed by atoms with Gasteiger partial charge < -0.3 is 15.1 Å². The van der Waals surface area contributed by atoms with E-state index in [2.05, 4.69) is 100 Å². The van der Waals surface area contributed by atoms with Crippen molar-refractivity contribution in [1.82, 2.24) is 9.80 Å². The molecule has 0 amide bonds. The summed E-state index contributed by atoms with van der Waals surface area (Å²) in [6, 6.07) is 0.464. The van der Waals surface area contributed by atoms with Crippen LogP contribution in [0.3, 0.4) is 0 Å². The Bertz CT molecular complexity index is 506. The lowest BCUT2D eigenvalue weighted by Gasteiger charge is -2.42. The molecule has 0 aromatic carbocycles. The Morgan fingerprint density at radius 1 is 0.742 bits per heavy atom. The van der Waals surface area contributed by atoms with E-state index in [0.717, 1.165) is 32.2 Å². The van der Waals surface area contributed by atoms with E-state index < -0.39 is 12.2 Å². The Hall–Kier alpha value is -0.160. The van der Waals surface area contributed by atoms with Crippen LogP contribution in [0, 0.1) is 21.7 Å². The maximum absolute atomic E-state index is 11.2. The molecule has 0 radical (unpaired) electrons. The second kappa shape index (κ2) is 11.8. The molecule has 3 atom stereocenters. The molecule has 31 heavy (non-hydrogen) atoms. The zero-order chi connectivity index (χ0) is 24.8. The van der Waals surface area contributed by atoms with Crippen LogP contribution in [0.4, 0.5) is 0 Å². The third kappa shape index (κ3) is 12.0. The van der Waals surface area contributed by atoms with Crippen LogP contribution in [0.1, 0.15) is 102 Å². The summed E-state index contributed by atoms with van der Waals surface area (Å²) in [7, 11) is 4.22. The van der Waals surface area contributed by atoms with Crippen LogP contribution < -0.4 is 0 Å². The SMILES string of the molecule is CCC(C)(C)CC(C)(C)C(O)CN(CCC(C)N(C)C)CC(O)C(C)(C)CC(C)(C)C. The quantitative estimate of drug-likeness (QED) is 0.364. The normalized spacial score (nSPS) is 17.3. The van der Waals surface area contributed by atoms with Crippen molar-refractivity contribution in [2.75, 3.05) is 33.7 Å². The highest BCUT2D eigenvalue weighted by Gasteiger charge is 2.37. The van der Waals surface area contributed by atoms with Crippen molar-refractivity contribution in [2.24, 2.45) is 21.7 Å². The average molecular weight is 443 g/mol. The molecule has 0 aliphatic rings. The first-order valence-electron chi connectivity index (χ1n) is 12.5. The van der Waals surface area contributed by atoms with Crippen molar-refractivity contribution in [1.29, 1.82) is 0 Å². The van der Waals surface area contributed by atoms with Gasteiger partial charge in [-0.05, 0) is 68.5 Å². The summed E-state index contributed by atoms with van der Waals surface area (Å²) < 4.78 is 0. The lowest BCUT2D eigenvalue weighted by atomic mass is 9.70. The summed E-state index contributed by atoms with van der Waals surface area (Å²) >= 11 is 0. The third-order valence-corrected chi connectivity index (χ3v) is 7.29. The molecule has 4 heteroatoms. The van der Waals surface area contributed by atoms with Gasteiger partial charge in [0.2, 0.25) is 0 Å². The molecular formula is C27H58N2O2. The molecule has 4 nitrogen and oxygen atoms in total. The summed E-state index contributed by atoms with van der Waals surface area (Å²) in [6.07, 6.45) is 3.22. The van der Waals surface area contributed by atoms with Crippen LogP contribution in [-0.4, -0.2) is 72.0 Å². The van der Waals surface area contributed by atoms with Crippen molar-refractivity contribution in [3.63, 3.8) is 0 Å². The number of hydrogen-bond donors (Lipinski definition) is 2. The lowest BCUT2D eigenvalue weighted by molar-refractivity contribution is -0.0385. The van der Waals surface area contributed by atoms with Gasteiger partial charge in [0.25, 0.3) is 0 Å². The van der Waals surface area contributed by atoms with E-state index in [1.165, 1.54) is 0 Å². The van der Waals surface area contributed by atoms with Gasteiger partial charge in [0, 0.05) is 19.1 Å². The van der Waals surface area contributed by atoms with Gasteiger partial charge in [0.05, 0.1) is 12.2 Å². The topological polar surface area (TPSA) is 46.9 Å². The maximum Gasteiger partial charge on any atom is 0.0718 e. The van der Waals surface area contributed by atoms with Crippen molar-refractivity contribution < 1.29 is 10.2 Å². The molecule has 0 aromatic rings. The molecule has 0 heterocycles. The molecule has 0 saturated carbocycles. The Morgan fingerprint density at radius 2 is 1.16 bits per heavy atom. The second-order valence-electron chi connectivity index (χ2n) is 13.8. The molecule has 0 fully saturated rings. The standard InChI is InChI=1S/C27H58N2O2/c1-14-25(6,7)20-27(10,11)23(31)18-29(16-15-21(2)28(12)13)17-22(30)26(8,9)19-24(3,4)5/h21-23,30-31H,14-20H2,1-13H3. The van der Waals surface area contributed by atoms with Gasteiger partial charge in [-0.3, -0.25) is 4.90 Å². The maximum atomic E-state index is 11.2. The van der Waals surface area contributed by atoms with Gasteiger partial charge in [0.1, 0.15) is 0 Å². The number of rotatable bonds is 14. The van der Waals surface area contributed by atoms with E-state index in [9.17, 15) is 10.2 Å². The van der Waals surface area contributed by atoms with Crippen LogP contribution >= 0.6 is 0 Å². The summed E-state index contributed by atoms with van der Waals surface area (Å²) in [5.41, 5.74) is 0.0378. The predicted octanol–water partition coefficient (Wildman–Crippen LogP) is 5.67. The fourth-order valence-electron chi connectivity index (χ4n) is 4.83. The molecule has 0 bridgehead atoms. The molecule has 188 valence electrons. The number of aliphatic hydroxyl groups is 2. The average Bonchev–Trinajstić information content (AvgIpc) is 2.55. The second-order valence-corrected chi connectivity index (χ2v) is 13.8. The van der Waals surface area contributed by atoms with Crippen LogP contribution in [0.5, 0.6) is 0 Å². The Kier molecular flexibility index (Phi) is 11.8. The first-order valence-corrected chi connectivity index (χ1v) is 12.5. The predicted molar refractivity (Wildman–Crippen MR) is 137 cm³/mol. The van der Waals surface area contributed by atoms with Crippen LogP contribution in [0.25, 0.3) is 0 Å². The van der Waals surface area contributed by atoms with Crippen LogP contribution in [0.2, 0.25) is 0 Å². The van der Waals surface area contributed by atoms with Crippen molar-refractivity contribution >= 4 is 0 Å². The number of aliphatic hydroxyl groups excluding tert-OH is 2. The highest BCUT2D eigenvalue weighted by atomic mass is 16.3. The van der Waals surface area contributed by atoms with E-state index in [-0.39, 0.29) is 21.7 Å². The van der Waals surface area contributed by atoms with Crippen molar-refractivity contribution in [3.8, 4) is 0 Å². The smallest absolute Gasteiger partial charge is 0.0718 e. The molecule has 0 saturated heterocycles. The molecule has 2 N–H and O–H groups in total. The molecule has 3 unspecified atom stereocenters. The Labute approximate surface area is 195 Å². The highest BCUT2D eigenvalue weighted by Crippen LogP contribution is 2.39. The molecule has 0 rings (SSSR count). The Morgan fingerprint density at radius 3 is 1.52 bits per heavy atom. The molecule has 0 aliphatic heterocycles. The van der Waals surface area contributed by atoms with E-state index >= 15 is 0 Å². The van der Waals surface area contributed by atoms with Crippen LogP contribution in [-0.2, 0) is 0 Å². The molecule has 0 spiro atoms. The van der Waals surface area contributed by atoms with Gasteiger partial charge in [-0.1, -0.05) is 75.7 Å². The molecular weight excluding hydrogens is 384 g/mol. The Balaban J connectivity index is 5.41. The summed E-state index contributed by atoms with van der Waals surface area (Å²) in [5, 5.41) is 22.4. The molecule has 0 aliphatic carbocycles. The number of nitrogens with zero attached hydrogens (tertiary/aromatic N) is 2. The zero-order valence-electron chi connectivity index (χ0n) is 23.5. The van der Waals surface area contributed by atoms with Gasteiger partial charge in [0.15, 0.2) is 0 Å². The largest absolute Gasteiger partial charge is 0.391 e. The monoisotopic (exact) mass is 442 g/mol. The fraction of sp³-hybridized carbons (Fsp3) is 1.00. The zero-order valence-corrected chi connectivity index (χ0v) is 23.5. The highest BCUT2D eigenvalue weighted by molar-refractivity contribution is 4.89. The minimum atomic E-state index is -0.427. The van der Waals surface area contributed by atoms with Gasteiger partial charge in [-0.2, -0.15) is 0 Å². The fourth-order valence-corrected chi connectivity index (χ4v) is 4.83. The van der Waals surface area contributed by atoms with Crippen molar-refractivity contribution in [2.45, 2.75) is 120 Å². The van der Waals surface area contributed by atoms with Gasteiger partial charge >= 0.3 is 0 Å². The van der Waals surface area contributed by atoms with Crippen LogP contribution in [0.15, 0.2) is 0 Å². The summed E-state index contributed by atoms with van der Waals surface area (Å²) in [4.78, 5) is 4.54. The minimum absolute atomic E-state index is 0.169. The van der Waals surface area contributed by atoms with Gasteiger partial charge in [-0.25, -0.2) is 0 Å². The van der Waals surface area contributed by atoms with Crippen molar-refractivity contribution in [3.05, 3.63) is 0 Å². The molecule has 0 aromatic heterocycles.